The molecule has 3 rings (SSSR count). The Morgan fingerprint density at radius 3 is 2.67 bits per heavy atom. The summed E-state index contributed by atoms with van der Waals surface area (Å²) in [6.07, 6.45) is 0.986. The normalized spacial score (nSPS) is 10.9. The number of para-hydroxylation sites is 2. The molecule has 0 atom stereocenters. The minimum Gasteiger partial charge on any atom is -0.494 e. The molecule has 0 amide bonds. The van der Waals surface area contributed by atoms with Crippen molar-refractivity contribution in [2.75, 3.05) is 13.2 Å². The fourth-order valence-electron chi connectivity index (χ4n) is 2.09. The lowest BCUT2D eigenvalue weighted by Gasteiger charge is -2.06. The lowest BCUT2D eigenvalue weighted by molar-refractivity contribution is 0.308. The smallest absolute Gasteiger partial charge is 0.119 e. The molecule has 0 aliphatic heterocycles. The third-order valence-electron chi connectivity index (χ3n) is 3.12. The van der Waals surface area contributed by atoms with Crippen molar-refractivity contribution in [2.45, 2.75) is 13.0 Å². The number of rotatable bonds is 7. The van der Waals surface area contributed by atoms with Gasteiger partial charge < -0.3 is 10.1 Å². The predicted molar refractivity (Wildman–Crippen MR) is 87.9 cm³/mol. The Bertz CT molecular complexity index is 648. The molecule has 0 radical (unpaired) electrons. The van der Waals surface area contributed by atoms with Crippen LogP contribution < -0.4 is 10.1 Å². The topological polar surface area (TPSA) is 34.1 Å². The highest BCUT2D eigenvalue weighted by atomic mass is 32.1. The molecule has 2 aromatic carbocycles. The maximum atomic E-state index is 5.65. The molecule has 4 heteroatoms. The van der Waals surface area contributed by atoms with E-state index in [-0.39, 0.29) is 0 Å². The van der Waals surface area contributed by atoms with Crippen molar-refractivity contribution in [3.8, 4) is 5.75 Å². The van der Waals surface area contributed by atoms with E-state index >= 15 is 0 Å². The molecule has 0 saturated carbocycles. The van der Waals surface area contributed by atoms with E-state index in [1.54, 1.807) is 11.3 Å². The molecule has 0 spiro atoms. The second-order valence-electron chi connectivity index (χ2n) is 4.77. The quantitative estimate of drug-likeness (QED) is 0.673. The van der Waals surface area contributed by atoms with Crippen molar-refractivity contribution >= 4 is 21.6 Å². The third kappa shape index (κ3) is 4.03. The number of nitrogens with zero attached hydrogens (tertiary/aromatic N) is 1. The minimum atomic E-state index is 0.733. The number of benzene rings is 2. The van der Waals surface area contributed by atoms with Gasteiger partial charge in [0.25, 0.3) is 0 Å². The van der Waals surface area contributed by atoms with Crippen LogP contribution in [0.4, 0.5) is 0 Å². The molecule has 0 aliphatic carbocycles. The summed E-state index contributed by atoms with van der Waals surface area (Å²) in [7, 11) is 0. The van der Waals surface area contributed by atoms with E-state index in [1.165, 1.54) is 4.70 Å². The zero-order valence-corrected chi connectivity index (χ0v) is 12.6. The standard InChI is InChI=1S/C17H18N2OS/c1-2-7-14(8-3-1)20-12-6-11-18-13-17-19-15-9-4-5-10-16(15)21-17/h1-5,7-10,18H,6,11-13H2. The van der Waals surface area contributed by atoms with Gasteiger partial charge in [0.2, 0.25) is 0 Å². The molecule has 1 heterocycles. The number of aromatic nitrogens is 1. The van der Waals surface area contributed by atoms with Crippen molar-refractivity contribution in [3.63, 3.8) is 0 Å². The van der Waals surface area contributed by atoms with Crippen LogP contribution in [0.1, 0.15) is 11.4 Å². The SMILES string of the molecule is c1ccc(OCCCNCc2nc3ccccc3s2)cc1. The molecule has 21 heavy (non-hydrogen) atoms. The molecule has 1 aromatic heterocycles. The summed E-state index contributed by atoms with van der Waals surface area (Å²) >= 11 is 1.75. The maximum Gasteiger partial charge on any atom is 0.119 e. The summed E-state index contributed by atoms with van der Waals surface area (Å²) in [5.74, 6) is 0.934. The van der Waals surface area contributed by atoms with Crippen LogP contribution >= 0.6 is 11.3 Å². The zero-order chi connectivity index (χ0) is 14.3. The molecular weight excluding hydrogens is 280 g/mol. The van der Waals surface area contributed by atoms with Crippen molar-refractivity contribution in [1.29, 1.82) is 0 Å². The molecule has 0 fully saturated rings. The Morgan fingerprint density at radius 2 is 1.81 bits per heavy atom. The van der Waals surface area contributed by atoms with Gasteiger partial charge in [-0.2, -0.15) is 0 Å². The molecule has 3 nitrogen and oxygen atoms in total. The fourth-order valence-corrected chi connectivity index (χ4v) is 3.03. The second kappa shape index (κ2) is 7.20. The van der Waals surface area contributed by atoms with Crippen LogP contribution in [-0.4, -0.2) is 18.1 Å². The Labute approximate surface area is 128 Å². The summed E-state index contributed by atoms with van der Waals surface area (Å²) in [6, 6.07) is 18.2. The first-order chi connectivity index (χ1) is 10.4. The van der Waals surface area contributed by atoms with Gasteiger partial charge in [-0.3, -0.25) is 0 Å². The second-order valence-corrected chi connectivity index (χ2v) is 5.88. The molecule has 108 valence electrons. The van der Waals surface area contributed by atoms with E-state index in [0.717, 1.165) is 42.4 Å². The number of ether oxygens (including phenoxy) is 1. The van der Waals surface area contributed by atoms with E-state index in [2.05, 4.69) is 28.5 Å². The van der Waals surface area contributed by atoms with Crippen LogP contribution in [0.25, 0.3) is 10.2 Å². The lowest BCUT2D eigenvalue weighted by atomic mass is 10.3. The first-order valence-electron chi connectivity index (χ1n) is 7.15. The molecule has 0 bridgehead atoms. The van der Waals surface area contributed by atoms with Crippen LogP contribution in [0.15, 0.2) is 54.6 Å². The first-order valence-corrected chi connectivity index (χ1v) is 7.96. The van der Waals surface area contributed by atoms with Gasteiger partial charge in [0, 0.05) is 6.54 Å². The van der Waals surface area contributed by atoms with Gasteiger partial charge >= 0.3 is 0 Å². The summed E-state index contributed by atoms with van der Waals surface area (Å²) in [5.41, 5.74) is 1.09. The van der Waals surface area contributed by atoms with Crippen LogP contribution in [-0.2, 0) is 6.54 Å². The van der Waals surface area contributed by atoms with Gasteiger partial charge in [-0.25, -0.2) is 4.98 Å². The van der Waals surface area contributed by atoms with Gasteiger partial charge in [0.1, 0.15) is 10.8 Å². The molecular formula is C17H18N2OS. The van der Waals surface area contributed by atoms with Crippen LogP contribution in [0.2, 0.25) is 0 Å². The summed E-state index contributed by atoms with van der Waals surface area (Å²) in [5, 5.41) is 4.56. The van der Waals surface area contributed by atoms with Gasteiger partial charge in [-0.15, -0.1) is 11.3 Å². The predicted octanol–water partition coefficient (Wildman–Crippen LogP) is 3.86. The van der Waals surface area contributed by atoms with Gasteiger partial charge in [0.05, 0.1) is 16.8 Å². The van der Waals surface area contributed by atoms with Crippen LogP contribution in [0.3, 0.4) is 0 Å². The minimum absolute atomic E-state index is 0.733. The Hall–Kier alpha value is -1.91. The average molecular weight is 298 g/mol. The fraction of sp³-hybridized carbons (Fsp3) is 0.235. The van der Waals surface area contributed by atoms with Crippen molar-refractivity contribution in [2.24, 2.45) is 0 Å². The highest BCUT2D eigenvalue weighted by Gasteiger charge is 2.02. The highest BCUT2D eigenvalue weighted by molar-refractivity contribution is 7.18. The van der Waals surface area contributed by atoms with Gasteiger partial charge in [0.15, 0.2) is 0 Å². The molecule has 1 N–H and O–H groups in total. The van der Waals surface area contributed by atoms with Gasteiger partial charge in [-0.1, -0.05) is 30.3 Å². The van der Waals surface area contributed by atoms with Crippen molar-refractivity contribution < 1.29 is 4.74 Å². The number of thiazole rings is 1. The van der Waals surface area contributed by atoms with Crippen molar-refractivity contribution in [1.82, 2.24) is 10.3 Å². The number of nitrogens with one attached hydrogen (secondary N) is 1. The first kappa shape index (κ1) is 14.0. The lowest BCUT2D eigenvalue weighted by Crippen LogP contribution is -2.16. The Kier molecular flexibility index (Phi) is 4.82. The monoisotopic (exact) mass is 298 g/mol. The van der Waals surface area contributed by atoms with E-state index < -0.39 is 0 Å². The Balaban J connectivity index is 1.36. The van der Waals surface area contributed by atoms with E-state index in [0.29, 0.717) is 0 Å². The number of hydrogen-bond donors (Lipinski definition) is 1. The van der Waals surface area contributed by atoms with Gasteiger partial charge in [-0.05, 0) is 37.2 Å². The summed E-state index contributed by atoms with van der Waals surface area (Å²) in [4.78, 5) is 4.60. The summed E-state index contributed by atoms with van der Waals surface area (Å²) < 4.78 is 6.90. The third-order valence-corrected chi connectivity index (χ3v) is 4.16. The number of fused-ring (bicyclic) bond motifs is 1. The highest BCUT2D eigenvalue weighted by Crippen LogP contribution is 2.21. The van der Waals surface area contributed by atoms with E-state index in [9.17, 15) is 0 Å². The number of hydrogen-bond acceptors (Lipinski definition) is 4. The molecule has 3 aromatic rings. The largest absolute Gasteiger partial charge is 0.494 e. The molecule has 0 aliphatic rings. The van der Waals surface area contributed by atoms with Crippen LogP contribution in [0.5, 0.6) is 5.75 Å². The van der Waals surface area contributed by atoms with E-state index in [1.807, 2.05) is 36.4 Å². The molecule has 0 saturated heterocycles. The zero-order valence-electron chi connectivity index (χ0n) is 11.8. The Morgan fingerprint density at radius 1 is 1.00 bits per heavy atom. The molecule has 0 unspecified atom stereocenters. The van der Waals surface area contributed by atoms with E-state index in [4.69, 9.17) is 4.74 Å². The van der Waals surface area contributed by atoms with Crippen molar-refractivity contribution in [3.05, 3.63) is 59.6 Å². The maximum absolute atomic E-state index is 5.65. The average Bonchev–Trinajstić information content (AvgIpc) is 2.94. The summed E-state index contributed by atoms with van der Waals surface area (Å²) in [6.45, 7) is 2.49. The van der Waals surface area contributed by atoms with Crippen LogP contribution in [0, 0.1) is 0 Å².